The molecule has 1 unspecified atom stereocenters. The van der Waals surface area contributed by atoms with E-state index in [4.69, 9.17) is 0 Å². The fourth-order valence-electron chi connectivity index (χ4n) is 4.31. The molecule has 3 heterocycles. The SMILES string of the molecule is CC1CCN(Cc2cccc(CNC(=O)c3ccn(C4CCCNC4)n3)c2)CC1. The monoisotopic (exact) mass is 395 g/mol. The van der Waals surface area contributed by atoms with Gasteiger partial charge in [0.2, 0.25) is 0 Å². The molecule has 2 aliphatic rings. The number of benzene rings is 1. The van der Waals surface area contributed by atoms with Crippen LogP contribution in [0.4, 0.5) is 0 Å². The summed E-state index contributed by atoms with van der Waals surface area (Å²) in [5, 5.41) is 10.9. The fourth-order valence-corrected chi connectivity index (χ4v) is 4.31. The van der Waals surface area contributed by atoms with Crippen molar-refractivity contribution in [1.29, 1.82) is 0 Å². The zero-order valence-electron chi connectivity index (χ0n) is 17.4. The number of likely N-dealkylation sites (tertiary alicyclic amines) is 1. The molecule has 156 valence electrons. The summed E-state index contributed by atoms with van der Waals surface area (Å²) < 4.78 is 1.93. The van der Waals surface area contributed by atoms with Gasteiger partial charge in [0, 0.05) is 25.8 Å². The topological polar surface area (TPSA) is 62.2 Å². The van der Waals surface area contributed by atoms with Crippen LogP contribution in [0.3, 0.4) is 0 Å². The Kier molecular flexibility index (Phi) is 6.62. The molecular formula is C23H33N5O. The lowest BCUT2D eigenvalue weighted by Gasteiger charge is -2.30. The third-order valence-electron chi connectivity index (χ3n) is 6.21. The number of carbonyl (C=O) groups excluding carboxylic acids is 1. The van der Waals surface area contributed by atoms with Crippen molar-refractivity contribution in [1.82, 2.24) is 25.3 Å². The predicted molar refractivity (Wildman–Crippen MR) is 115 cm³/mol. The molecule has 2 aliphatic heterocycles. The van der Waals surface area contributed by atoms with Crippen LogP contribution < -0.4 is 10.6 Å². The Morgan fingerprint density at radius 1 is 1.21 bits per heavy atom. The van der Waals surface area contributed by atoms with Gasteiger partial charge in [-0.05, 0) is 68.4 Å². The van der Waals surface area contributed by atoms with Gasteiger partial charge < -0.3 is 10.6 Å². The van der Waals surface area contributed by atoms with Crippen LogP contribution in [0.25, 0.3) is 0 Å². The number of nitrogens with one attached hydrogen (secondary N) is 2. The van der Waals surface area contributed by atoms with E-state index in [1.165, 1.54) is 31.5 Å². The van der Waals surface area contributed by atoms with Crippen LogP contribution in [0.1, 0.15) is 60.3 Å². The third-order valence-corrected chi connectivity index (χ3v) is 6.21. The normalized spacial score (nSPS) is 21.2. The molecule has 0 aliphatic carbocycles. The van der Waals surface area contributed by atoms with Crippen molar-refractivity contribution in [3.63, 3.8) is 0 Å². The van der Waals surface area contributed by atoms with E-state index in [-0.39, 0.29) is 5.91 Å². The summed E-state index contributed by atoms with van der Waals surface area (Å²) in [4.78, 5) is 15.1. The van der Waals surface area contributed by atoms with Crippen LogP contribution in [0.2, 0.25) is 0 Å². The summed E-state index contributed by atoms with van der Waals surface area (Å²) >= 11 is 0. The van der Waals surface area contributed by atoms with Crippen molar-refractivity contribution in [2.24, 2.45) is 5.92 Å². The Labute approximate surface area is 173 Å². The molecule has 29 heavy (non-hydrogen) atoms. The molecule has 6 heteroatoms. The number of piperidine rings is 2. The van der Waals surface area contributed by atoms with Crippen LogP contribution in [0.15, 0.2) is 36.5 Å². The average molecular weight is 396 g/mol. The van der Waals surface area contributed by atoms with Gasteiger partial charge in [0.25, 0.3) is 5.91 Å². The molecule has 1 aromatic carbocycles. The molecule has 2 fully saturated rings. The fraction of sp³-hybridized carbons (Fsp3) is 0.565. The van der Waals surface area contributed by atoms with E-state index >= 15 is 0 Å². The number of hydrogen-bond donors (Lipinski definition) is 2. The first-order valence-electron chi connectivity index (χ1n) is 11.0. The Hall–Kier alpha value is -2.18. The third kappa shape index (κ3) is 5.46. The van der Waals surface area contributed by atoms with Crippen LogP contribution in [0, 0.1) is 5.92 Å². The van der Waals surface area contributed by atoms with Crippen LogP contribution in [-0.2, 0) is 13.1 Å². The molecule has 0 radical (unpaired) electrons. The molecule has 0 bridgehead atoms. The molecule has 4 rings (SSSR count). The van der Waals surface area contributed by atoms with Gasteiger partial charge in [-0.15, -0.1) is 0 Å². The number of amides is 1. The maximum Gasteiger partial charge on any atom is 0.272 e. The lowest BCUT2D eigenvalue weighted by atomic mass is 9.98. The van der Waals surface area contributed by atoms with E-state index in [1.807, 2.05) is 16.9 Å². The Bertz CT molecular complexity index is 803. The molecule has 6 nitrogen and oxygen atoms in total. The second-order valence-electron chi connectivity index (χ2n) is 8.64. The molecule has 2 N–H and O–H groups in total. The Balaban J connectivity index is 1.29. The summed E-state index contributed by atoms with van der Waals surface area (Å²) in [7, 11) is 0. The van der Waals surface area contributed by atoms with Gasteiger partial charge in [-0.3, -0.25) is 14.4 Å². The van der Waals surface area contributed by atoms with Gasteiger partial charge >= 0.3 is 0 Å². The summed E-state index contributed by atoms with van der Waals surface area (Å²) in [6.45, 7) is 8.22. The summed E-state index contributed by atoms with van der Waals surface area (Å²) in [6.07, 6.45) is 6.77. The maximum atomic E-state index is 12.5. The van der Waals surface area contributed by atoms with Crippen LogP contribution in [-0.4, -0.2) is 46.8 Å². The Morgan fingerprint density at radius 2 is 2.03 bits per heavy atom. The quantitative estimate of drug-likeness (QED) is 0.789. The van der Waals surface area contributed by atoms with Crippen molar-refractivity contribution < 1.29 is 4.79 Å². The first-order chi connectivity index (χ1) is 14.2. The highest BCUT2D eigenvalue weighted by atomic mass is 16.1. The summed E-state index contributed by atoms with van der Waals surface area (Å²) in [6, 6.07) is 10.7. The highest BCUT2D eigenvalue weighted by molar-refractivity contribution is 5.92. The summed E-state index contributed by atoms with van der Waals surface area (Å²) in [5.41, 5.74) is 2.95. The maximum absolute atomic E-state index is 12.5. The smallest absolute Gasteiger partial charge is 0.272 e. The van der Waals surface area contributed by atoms with Gasteiger partial charge in [0.15, 0.2) is 0 Å². The molecule has 1 atom stereocenters. The van der Waals surface area contributed by atoms with E-state index in [0.29, 0.717) is 18.3 Å². The average Bonchev–Trinajstić information content (AvgIpc) is 3.25. The lowest BCUT2D eigenvalue weighted by molar-refractivity contribution is 0.0944. The molecular weight excluding hydrogens is 362 g/mol. The van der Waals surface area contributed by atoms with Gasteiger partial charge in [-0.25, -0.2) is 0 Å². The number of nitrogens with zero attached hydrogens (tertiary/aromatic N) is 3. The minimum Gasteiger partial charge on any atom is -0.347 e. The van der Waals surface area contributed by atoms with Crippen molar-refractivity contribution in [3.8, 4) is 0 Å². The Morgan fingerprint density at radius 3 is 2.83 bits per heavy atom. The van der Waals surface area contributed by atoms with E-state index in [1.54, 1.807) is 0 Å². The highest BCUT2D eigenvalue weighted by Gasteiger charge is 2.18. The minimum absolute atomic E-state index is 0.108. The minimum atomic E-state index is -0.108. The molecule has 1 aromatic heterocycles. The van der Waals surface area contributed by atoms with Crippen molar-refractivity contribution in [2.75, 3.05) is 26.2 Å². The second-order valence-corrected chi connectivity index (χ2v) is 8.64. The highest BCUT2D eigenvalue weighted by Crippen LogP contribution is 2.19. The zero-order chi connectivity index (χ0) is 20.1. The van der Waals surface area contributed by atoms with Crippen LogP contribution >= 0.6 is 0 Å². The number of carbonyl (C=O) groups is 1. The number of rotatable bonds is 6. The van der Waals surface area contributed by atoms with E-state index < -0.39 is 0 Å². The lowest BCUT2D eigenvalue weighted by Crippen LogP contribution is -2.32. The second kappa shape index (κ2) is 9.55. The number of hydrogen-bond acceptors (Lipinski definition) is 4. The number of aromatic nitrogens is 2. The summed E-state index contributed by atoms with van der Waals surface area (Å²) in [5.74, 6) is 0.744. The van der Waals surface area contributed by atoms with Gasteiger partial charge in [0.1, 0.15) is 5.69 Å². The van der Waals surface area contributed by atoms with Gasteiger partial charge in [-0.1, -0.05) is 31.2 Å². The van der Waals surface area contributed by atoms with E-state index in [0.717, 1.165) is 44.0 Å². The largest absolute Gasteiger partial charge is 0.347 e. The first-order valence-corrected chi connectivity index (χ1v) is 11.0. The van der Waals surface area contributed by atoms with E-state index in [2.05, 4.69) is 51.8 Å². The van der Waals surface area contributed by atoms with Crippen molar-refractivity contribution in [2.45, 2.75) is 51.7 Å². The van der Waals surface area contributed by atoms with Gasteiger partial charge in [-0.2, -0.15) is 5.10 Å². The van der Waals surface area contributed by atoms with E-state index in [9.17, 15) is 4.79 Å². The standard InChI is InChI=1S/C23H33N5O/c1-18-7-11-27(12-8-18)17-20-5-2-4-19(14-20)15-25-23(29)22-9-13-28(26-22)21-6-3-10-24-16-21/h2,4-5,9,13-14,18,21,24H,3,6-8,10-12,15-17H2,1H3,(H,25,29). The molecule has 0 spiro atoms. The zero-order valence-corrected chi connectivity index (χ0v) is 17.4. The van der Waals surface area contributed by atoms with Crippen molar-refractivity contribution >= 4 is 5.91 Å². The first kappa shape index (κ1) is 20.1. The van der Waals surface area contributed by atoms with Crippen molar-refractivity contribution in [3.05, 3.63) is 53.3 Å². The molecule has 1 amide bonds. The van der Waals surface area contributed by atoms with Gasteiger partial charge in [0.05, 0.1) is 6.04 Å². The molecule has 0 saturated carbocycles. The molecule has 2 saturated heterocycles. The van der Waals surface area contributed by atoms with Crippen LogP contribution in [0.5, 0.6) is 0 Å². The molecule has 2 aromatic rings. The predicted octanol–water partition coefficient (Wildman–Crippen LogP) is 2.97.